The molecule has 1 aliphatic heterocycles. The number of fused-ring (bicyclic) bond motifs is 1. The molecule has 8 nitrogen and oxygen atoms in total. The van der Waals surface area contributed by atoms with Gasteiger partial charge < -0.3 is 19.1 Å². The Bertz CT molecular complexity index is 1050. The second-order valence-corrected chi connectivity index (χ2v) is 7.35. The highest BCUT2D eigenvalue weighted by atomic mass is 16.5. The summed E-state index contributed by atoms with van der Waals surface area (Å²) >= 11 is 0. The normalized spacial score (nSPS) is 17.0. The molecular weight excluding hydrogens is 370 g/mol. The smallest absolute Gasteiger partial charge is 0.361 e. The molecule has 3 aromatic rings. The predicted molar refractivity (Wildman–Crippen MR) is 110 cm³/mol. The molecule has 0 N–H and O–H groups in total. The molecule has 1 unspecified atom stereocenters. The minimum absolute atomic E-state index is 0.130. The number of aryl methyl sites for hydroxylation is 2. The molecule has 0 aliphatic carbocycles. The number of anilines is 2. The van der Waals surface area contributed by atoms with Gasteiger partial charge in [0.25, 0.3) is 5.71 Å². The van der Waals surface area contributed by atoms with Gasteiger partial charge in [-0.05, 0) is 45.4 Å². The first-order valence-corrected chi connectivity index (χ1v) is 9.87. The number of hydrogen-bond donors (Lipinski definition) is 0. The average molecular weight is 395 g/mol. The van der Waals surface area contributed by atoms with E-state index in [9.17, 15) is 4.79 Å². The molecule has 3 heterocycles. The van der Waals surface area contributed by atoms with Crippen LogP contribution in [0.15, 0.2) is 28.8 Å². The zero-order valence-corrected chi connectivity index (χ0v) is 17.2. The van der Waals surface area contributed by atoms with Crippen LogP contribution < -0.4 is 9.80 Å². The van der Waals surface area contributed by atoms with Gasteiger partial charge >= 0.3 is 5.97 Å². The summed E-state index contributed by atoms with van der Waals surface area (Å²) in [6.07, 6.45) is 0. The maximum absolute atomic E-state index is 12.3. The molecule has 4 rings (SSSR count). The quantitative estimate of drug-likeness (QED) is 0.623. The van der Waals surface area contributed by atoms with Crippen molar-refractivity contribution in [2.75, 3.05) is 36.0 Å². The number of nitrogens with zero attached hydrogens (tertiary/aromatic N) is 5. The van der Waals surface area contributed by atoms with E-state index in [-0.39, 0.29) is 18.3 Å². The molecule has 2 aromatic heterocycles. The third kappa shape index (κ3) is 3.62. The van der Waals surface area contributed by atoms with Crippen LogP contribution in [0.4, 0.5) is 11.5 Å². The number of carbonyl (C=O) groups is 1. The van der Waals surface area contributed by atoms with Crippen LogP contribution in [0, 0.1) is 13.8 Å². The van der Waals surface area contributed by atoms with Gasteiger partial charge in [0.05, 0.1) is 6.61 Å². The zero-order chi connectivity index (χ0) is 20.5. The maximum atomic E-state index is 12.3. The van der Waals surface area contributed by atoms with Crippen LogP contribution in [-0.2, 0) is 4.74 Å². The second kappa shape index (κ2) is 7.69. The molecule has 8 heteroatoms. The van der Waals surface area contributed by atoms with E-state index in [1.54, 1.807) is 6.92 Å². The standard InChI is InChI=1S/C21H25N5O3/c1-5-28-21(27)18-17-19(22-15(4)23-20(17)29-24-18)25-9-10-26(14(3)12-25)16-8-6-7-13(2)11-16/h6-8,11,14H,5,9-10,12H2,1-4H3. The van der Waals surface area contributed by atoms with Crippen molar-refractivity contribution in [3.8, 4) is 0 Å². The summed E-state index contributed by atoms with van der Waals surface area (Å²) in [4.78, 5) is 25.9. The van der Waals surface area contributed by atoms with E-state index in [0.29, 0.717) is 22.7 Å². The maximum Gasteiger partial charge on any atom is 0.361 e. The Labute approximate surface area is 169 Å². The lowest BCUT2D eigenvalue weighted by atomic mass is 10.1. The highest BCUT2D eigenvalue weighted by molar-refractivity contribution is 6.05. The van der Waals surface area contributed by atoms with Gasteiger partial charge in [0.2, 0.25) is 5.69 Å². The van der Waals surface area contributed by atoms with Gasteiger partial charge in [-0.2, -0.15) is 4.98 Å². The highest BCUT2D eigenvalue weighted by Crippen LogP contribution is 2.30. The minimum Gasteiger partial charge on any atom is -0.461 e. The molecule has 1 aromatic carbocycles. The fraction of sp³-hybridized carbons (Fsp3) is 0.429. The molecule has 0 bridgehead atoms. The van der Waals surface area contributed by atoms with Crippen LogP contribution >= 0.6 is 0 Å². The summed E-state index contributed by atoms with van der Waals surface area (Å²) in [5, 5.41) is 4.43. The van der Waals surface area contributed by atoms with E-state index in [1.165, 1.54) is 11.3 Å². The molecular formula is C21H25N5O3. The van der Waals surface area contributed by atoms with Crippen LogP contribution in [0.1, 0.15) is 35.7 Å². The van der Waals surface area contributed by atoms with Gasteiger partial charge in [-0.25, -0.2) is 9.78 Å². The number of piperazine rings is 1. The summed E-state index contributed by atoms with van der Waals surface area (Å²) in [6, 6.07) is 8.81. The monoisotopic (exact) mass is 395 g/mol. The van der Waals surface area contributed by atoms with E-state index >= 15 is 0 Å². The van der Waals surface area contributed by atoms with Crippen molar-refractivity contribution in [2.24, 2.45) is 0 Å². The number of carbonyl (C=O) groups excluding carboxylic acids is 1. The van der Waals surface area contributed by atoms with Crippen LogP contribution in [-0.4, -0.2) is 53.4 Å². The molecule has 0 saturated carbocycles. The number of aromatic nitrogens is 3. The first-order valence-electron chi connectivity index (χ1n) is 9.87. The SMILES string of the molecule is CCOC(=O)c1noc2nc(C)nc(N3CCN(c4cccc(C)c4)C(C)C3)c12. The number of rotatable bonds is 4. The first kappa shape index (κ1) is 19.2. The Morgan fingerprint density at radius 3 is 2.83 bits per heavy atom. The van der Waals surface area contributed by atoms with E-state index < -0.39 is 5.97 Å². The number of hydrogen-bond acceptors (Lipinski definition) is 8. The van der Waals surface area contributed by atoms with Gasteiger partial charge in [0, 0.05) is 31.4 Å². The highest BCUT2D eigenvalue weighted by Gasteiger charge is 2.30. The summed E-state index contributed by atoms with van der Waals surface area (Å²) in [5.74, 6) is 0.728. The van der Waals surface area contributed by atoms with Crippen LogP contribution in [0.25, 0.3) is 11.1 Å². The molecule has 1 atom stereocenters. The van der Waals surface area contributed by atoms with Gasteiger partial charge in [-0.1, -0.05) is 17.3 Å². The summed E-state index contributed by atoms with van der Waals surface area (Å²) in [6.45, 7) is 10.5. The Morgan fingerprint density at radius 2 is 2.10 bits per heavy atom. The molecule has 0 spiro atoms. The molecule has 1 fully saturated rings. The Morgan fingerprint density at radius 1 is 1.28 bits per heavy atom. The average Bonchev–Trinajstić information content (AvgIpc) is 3.11. The first-order chi connectivity index (χ1) is 14.0. The third-order valence-electron chi connectivity index (χ3n) is 5.16. The van der Waals surface area contributed by atoms with E-state index in [0.717, 1.165) is 19.6 Å². The third-order valence-corrected chi connectivity index (χ3v) is 5.16. The molecule has 29 heavy (non-hydrogen) atoms. The fourth-order valence-electron chi connectivity index (χ4n) is 3.85. The second-order valence-electron chi connectivity index (χ2n) is 7.35. The van der Waals surface area contributed by atoms with Crippen molar-refractivity contribution in [2.45, 2.75) is 33.7 Å². The van der Waals surface area contributed by atoms with E-state index in [2.05, 4.69) is 63.0 Å². The van der Waals surface area contributed by atoms with Crippen molar-refractivity contribution in [1.29, 1.82) is 0 Å². The lowest BCUT2D eigenvalue weighted by Gasteiger charge is -2.42. The van der Waals surface area contributed by atoms with Crippen LogP contribution in [0.3, 0.4) is 0 Å². The van der Waals surface area contributed by atoms with Gasteiger partial charge in [0.1, 0.15) is 17.0 Å². The minimum atomic E-state index is -0.522. The topological polar surface area (TPSA) is 84.6 Å². The van der Waals surface area contributed by atoms with Crippen molar-refractivity contribution < 1.29 is 14.1 Å². The Balaban J connectivity index is 1.67. The largest absolute Gasteiger partial charge is 0.461 e. The Hall–Kier alpha value is -3.16. The van der Waals surface area contributed by atoms with Crippen LogP contribution in [0.2, 0.25) is 0 Å². The van der Waals surface area contributed by atoms with Gasteiger partial charge in [-0.15, -0.1) is 0 Å². The van der Waals surface area contributed by atoms with E-state index in [1.807, 2.05) is 6.92 Å². The zero-order valence-electron chi connectivity index (χ0n) is 17.2. The molecule has 1 saturated heterocycles. The lowest BCUT2D eigenvalue weighted by Crippen LogP contribution is -2.52. The molecule has 152 valence electrons. The summed E-state index contributed by atoms with van der Waals surface area (Å²) in [5.41, 5.74) is 2.90. The van der Waals surface area contributed by atoms with Crippen LogP contribution in [0.5, 0.6) is 0 Å². The summed E-state index contributed by atoms with van der Waals surface area (Å²) < 4.78 is 10.5. The number of esters is 1. The van der Waals surface area contributed by atoms with Crippen molar-refractivity contribution in [3.63, 3.8) is 0 Å². The number of benzene rings is 1. The molecule has 1 aliphatic rings. The van der Waals surface area contributed by atoms with Crippen molar-refractivity contribution in [3.05, 3.63) is 41.3 Å². The van der Waals surface area contributed by atoms with Crippen molar-refractivity contribution in [1.82, 2.24) is 15.1 Å². The van der Waals surface area contributed by atoms with E-state index in [4.69, 9.17) is 9.26 Å². The van der Waals surface area contributed by atoms with Gasteiger partial charge in [-0.3, -0.25) is 0 Å². The summed E-state index contributed by atoms with van der Waals surface area (Å²) in [7, 11) is 0. The lowest BCUT2D eigenvalue weighted by molar-refractivity contribution is 0.0517. The van der Waals surface area contributed by atoms with Crippen molar-refractivity contribution >= 4 is 28.6 Å². The number of ether oxygens (including phenoxy) is 1. The molecule has 0 amide bonds. The fourth-order valence-corrected chi connectivity index (χ4v) is 3.85. The predicted octanol–water partition coefficient (Wildman–Crippen LogP) is 3.13. The Kier molecular flexibility index (Phi) is 5.08. The molecule has 0 radical (unpaired) electrons. The van der Waals surface area contributed by atoms with Gasteiger partial charge in [0.15, 0.2) is 0 Å².